The Morgan fingerprint density at radius 3 is 2.33 bits per heavy atom. The summed E-state index contributed by atoms with van der Waals surface area (Å²) in [5, 5.41) is 0. The highest BCUT2D eigenvalue weighted by Gasteiger charge is 2.44. The molecule has 1 aromatic rings. The first-order valence-corrected chi connectivity index (χ1v) is 8.48. The van der Waals surface area contributed by atoms with Crippen LogP contribution in [0.5, 0.6) is 5.75 Å². The normalized spacial score (nSPS) is 28.5. The van der Waals surface area contributed by atoms with Crippen molar-refractivity contribution in [1.82, 2.24) is 4.90 Å². The van der Waals surface area contributed by atoms with Crippen LogP contribution in [-0.2, 0) is 14.3 Å². The molecule has 24 heavy (non-hydrogen) atoms. The van der Waals surface area contributed by atoms with Gasteiger partial charge < -0.3 is 9.47 Å². The summed E-state index contributed by atoms with van der Waals surface area (Å²) in [6.45, 7) is 7.82. The maximum Gasteiger partial charge on any atom is 0.251 e. The van der Waals surface area contributed by atoms with E-state index in [0.717, 1.165) is 5.75 Å². The van der Waals surface area contributed by atoms with Gasteiger partial charge in [0, 0.05) is 13.1 Å². The highest BCUT2D eigenvalue weighted by molar-refractivity contribution is 6.22. The summed E-state index contributed by atoms with van der Waals surface area (Å²) in [4.78, 5) is 28.6. The second kappa shape index (κ2) is 6.91. The number of carbonyl (C=O) groups excluding carboxylic acids is 2. The average Bonchev–Trinajstić information content (AvgIpc) is 2.83. The lowest BCUT2D eigenvalue weighted by Crippen LogP contribution is -2.52. The molecule has 2 fully saturated rings. The van der Waals surface area contributed by atoms with Gasteiger partial charge >= 0.3 is 0 Å². The van der Waals surface area contributed by atoms with Crippen molar-refractivity contribution in [3.8, 4) is 5.75 Å². The molecule has 2 saturated heterocycles. The van der Waals surface area contributed by atoms with Crippen molar-refractivity contribution in [2.75, 3.05) is 24.6 Å². The predicted molar refractivity (Wildman–Crippen MR) is 90.1 cm³/mol. The highest BCUT2D eigenvalue weighted by atomic mass is 16.5. The van der Waals surface area contributed by atoms with Crippen molar-refractivity contribution in [1.29, 1.82) is 0 Å². The molecule has 0 spiro atoms. The molecular formula is C18H24N2O4. The molecule has 6 heteroatoms. The van der Waals surface area contributed by atoms with Gasteiger partial charge in [-0.3, -0.25) is 14.5 Å². The van der Waals surface area contributed by atoms with Gasteiger partial charge in [-0.2, -0.15) is 0 Å². The number of hydrogen-bond acceptors (Lipinski definition) is 5. The fraction of sp³-hybridized carbons (Fsp3) is 0.556. The quantitative estimate of drug-likeness (QED) is 0.787. The summed E-state index contributed by atoms with van der Waals surface area (Å²) >= 11 is 0. The van der Waals surface area contributed by atoms with Gasteiger partial charge in [0.1, 0.15) is 5.75 Å². The number of imide groups is 1. The topological polar surface area (TPSA) is 59.1 Å². The number of morpholine rings is 1. The Balaban J connectivity index is 1.76. The number of hydrogen-bond donors (Lipinski definition) is 0. The maximum atomic E-state index is 12.8. The van der Waals surface area contributed by atoms with Crippen LogP contribution in [0, 0.1) is 0 Å². The van der Waals surface area contributed by atoms with Crippen LogP contribution in [0.1, 0.15) is 27.2 Å². The zero-order valence-corrected chi connectivity index (χ0v) is 14.4. The minimum Gasteiger partial charge on any atom is -0.494 e. The third-order valence-electron chi connectivity index (χ3n) is 4.42. The van der Waals surface area contributed by atoms with Crippen molar-refractivity contribution >= 4 is 17.5 Å². The van der Waals surface area contributed by atoms with Gasteiger partial charge in [-0.1, -0.05) is 0 Å². The Kier molecular flexibility index (Phi) is 4.87. The van der Waals surface area contributed by atoms with E-state index in [-0.39, 0.29) is 30.4 Å². The number of ether oxygens (including phenoxy) is 2. The lowest BCUT2D eigenvalue weighted by Gasteiger charge is -2.37. The van der Waals surface area contributed by atoms with Crippen LogP contribution in [0.2, 0.25) is 0 Å². The number of anilines is 1. The molecule has 0 aliphatic carbocycles. The van der Waals surface area contributed by atoms with Crippen molar-refractivity contribution in [2.24, 2.45) is 0 Å². The highest BCUT2D eigenvalue weighted by Crippen LogP contribution is 2.28. The lowest BCUT2D eigenvalue weighted by molar-refractivity contribution is -0.127. The zero-order valence-electron chi connectivity index (χ0n) is 14.4. The first-order chi connectivity index (χ1) is 11.5. The van der Waals surface area contributed by atoms with Crippen LogP contribution in [-0.4, -0.2) is 54.7 Å². The molecule has 2 heterocycles. The van der Waals surface area contributed by atoms with Gasteiger partial charge in [-0.15, -0.1) is 0 Å². The maximum absolute atomic E-state index is 12.8. The largest absolute Gasteiger partial charge is 0.494 e. The van der Waals surface area contributed by atoms with Gasteiger partial charge in [-0.05, 0) is 45.0 Å². The second-order valence-corrected chi connectivity index (χ2v) is 6.43. The van der Waals surface area contributed by atoms with E-state index < -0.39 is 6.04 Å². The molecule has 0 aromatic heterocycles. The number of carbonyl (C=O) groups is 2. The molecule has 2 aliphatic rings. The van der Waals surface area contributed by atoms with Gasteiger partial charge in [-0.25, -0.2) is 4.90 Å². The number of benzene rings is 1. The van der Waals surface area contributed by atoms with E-state index in [1.165, 1.54) is 4.90 Å². The summed E-state index contributed by atoms with van der Waals surface area (Å²) in [6.07, 6.45) is 0.359. The first kappa shape index (κ1) is 16.9. The third kappa shape index (κ3) is 3.30. The number of rotatable bonds is 4. The van der Waals surface area contributed by atoms with Crippen LogP contribution < -0.4 is 9.64 Å². The zero-order chi connectivity index (χ0) is 17.3. The minimum absolute atomic E-state index is 0.0659. The van der Waals surface area contributed by atoms with Crippen LogP contribution in [0.4, 0.5) is 5.69 Å². The van der Waals surface area contributed by atoms with Crippen LogP contribution in [0.15, 0.2) is 24.3 Å². The standard InChI is InChI=1S/C18H24N2O4/c1-4-23-15-7-5-14(6-8-15)20-17(21)9-16(18(20)22)19-10-12(2)24-13(3)11-19/h5-8,12-13,16H,4,9-11H2,1-3H3/t12-,13+,16-/m0/s1. The van der Waals surface area contributed by atoms with Crippen LogP contribution in [0.3, 0.4) is 0 Å². The minimum atomic E-state index is -0.391. The molecular weight excluding hydrogens is 308 g/mol. The third-order valence-corrected chi connectivity index (χ3v) is 4.42. The molecule has 2 aliphatic heterocycles. The molecule has 0 N–H and O–H groups in total. The Labute approximate surface area is 142 Å². The second-order valence-electron chi connectivity index (χ2n) is 6.43. The average molecular weight is 332 g/mol. The fourth-order valence-corrected chi connectivity index (χ4v) is 3.50. The van der Waals surface area contributed by atoms with Gasteiger partial charge in [0.25, 0.3) is 5.91 Å². The summed E-state index contributed by atoms with van der Waals surface area (Å²) in [6, 6.07) is 6.69. The van der Waals surface area contributed by atoms with Gasteiger partial charge in [0.15, 0.2) is 0 Å². The SMILES string of the molecule is CCOc1ccc(N2C(=O)C[C@H](N3C[C@@H](C)O[C@@H](C)C3)C2=O)cc1. The van der Waals surface area contributed by atoms with E-state index >= 15 is 0 Å². The molecule has 0 saturated carbocycles. The summed E-state index contributed by atoms with van der Waals surface area (Å²) in [5.41, 5.74) is 0.602. The molecule has 3 rings (SSSR count). The monoisotopic (exact) mass is 332 g/mol. The molecule has 0 bridgehead atoms. The Morgan fingerprint density at radius 1 is 1.12 bits per heavy atom. The van der Waals surface area contributed by atoms with E-state index in [0.29, 0.717) is 25.4 Å². The first-order valence-electron chi connectivity index (χ1n) is 8.48. The predicted octanol–water partition coefficient (Wildman–Crippen LogP) is 1.83. The van der Waals surface area contributed by atoms with E-state index in [1.807, 2.05) is 20.8 Å². The lowest BCUT2D eigenvalue weighted by atomic mass is 10.1. The van der Waals surface area contributed by atoms with E-state index in [1.54, 1.807) is 24.3 Å². The molecule has 0 radical (unpaired) electrons. The number of nitrogens with zero attached hydrogens (tertiary/aromatic N) is 2. The van der Waals surface area contributed by atoms with Crippen molar-refractivity contribution in [3.63, 3.8) is 0 Å². The van der Waals surface area contributed by atoms with Crippen molar-refractivity contribution in [2.45, 2.75) is 45.4 Å². The van der Waals surface area contributed by atoms with Crippen molar-refractivity contribution < 1.29 is 19.1 Å². The fourth-order valence-electron chi connectivity index (χ4n) is 3.50. The van der Waals surface area contributed by atoms with Crippen LogP contribution >= 0.6 is 0 Å². The molecule has 0 unspecified atom stereocenters. The van der Waals surface area contributed by atoms with Gasteiger partial charge in [0.2, 0.25) is 5.91 Å². The Bertz CT molecular complexity index is 606. The van der Waals surface area contributed by atoms with Crippen molar-refractivity contribution in [3.05, 3.63) is 24.3 Å². The Morgan fingerprint density at radius 2 is 1.75 bits per heavy atom. The molecule has 3 atom stereocenters. The van der Waals surface area contributed by atoms with E-state index in [9.17, 15) is 9.59 Å². The summed E-state index contributed by atoms with van der Waals surface area (Å²) < 4.78 is 11.1. The molecule has 130 valence electrons. The molecule has 1 aromatic carbocycles. The summed E-state index contributed by atoms with van der Waals surface area (Å²) in [5.74, 6) is 0.430. The smallest absolute Gasteiger partial charge is 0.251 e. The number of amides is 2. The van der Waals surface area contributed by atoms with Crippen LogP contribution in [0.25, 0.3) is 0 Å². The Hall–Kier alpha value is -1.92. The van der Waals surface area contributed by atoms with Gasteiger partial charge in [0.05, 0.1) is 37.0 Å². The molecule has 6 nitrogen and oxygen atoms in total. The summed E-state index contributed by atoms with van der Waals surface area (Å²) in [7, 11) is 0. The van der Waals surface area contributed by atoms with E-state index in [4.69, 9.17) is 9.47 Å². The van der Waals surface area contributed by atoms with E-state index in [2.05, 4.69) is 4.90 Å². The molecule has 2 amide bonds.